The third kappa shape index (κ3) is 3.45. The first-order valence-electron chi connectivity index (χ1n) is 12.5. The van der Waals surface area contributed by atoms with Crippen LogP contribution in [0.1, 0.15) is 27.7 Å². The lowest BCUT2D eigenvalue weighted by Gasteiger charge is -2.32. The van der Waals surface area contributed by atoms with Crippen molar-refractivity contribution in [3.63, 3.8) is 0 Å². The van der Waals surface area contributed by atoms with Gasteiger partial charge in [-0.2, -0.15) is 8.75 Å². The maximum atomic E-state index is 6.40. The first-order valence-corrected chi connectivity index (χ1v) is 17.9. The number of benzene rings is 2. The number of hydrogen-bond donors (Lipinski definition) is 0. The van der Waals surface area contributed by atoms with Crippen molar-refractivity contribution >= 4 is 75.8 Å². The summed E-state index contributed by atoms with van der Waals surface area (Å²) in [4.78, 5) is 4.10. The van der Waals surface area contributed by atoms with Gasteiger partial charge in [0.2, 0.25) is 0 Å². The molecule has 5 aromatic rings. The normalized spacial score (nSPS) is 18.9. The molecule has 0 aliphatic carbocycles. The highest BCUT2D eigenvalue weighted by atomic mass is 32.1. The van der Waals surface area contributed by atoms with E-state index in [-0.39, 0.29) is 18.3 Å². The number of aromatic nitrogens is 2. The zero-order chi connectivity index (χ0) is 25.7. The van der Waals surface area contributed by atoms with Crippen LogP contribution >= 0.6 is 34.4 Å². The van der Waals surface area contributed by atoms with E-state index in [1.165, 1.54) is 52.6 Å². The maximum Gasteiger partial charge on any atom is 0.505 e. The SMILES string of the molecule is CC1(C)OB(c2cc3c(s2)-c2sc(-c4ccc(-c5ccccc5)c5nsnc45)cc2[Si]3(C)C)OC1(C)C. The van der Waals surface area contributed by atoms with Crippen molar-refractivity contribution in [2.75, 3.05) is 0 Å². The van der Waals surface area contributed by atoms with E-state index in [1.807, 2.05) is 28.7 Å². The summed E-state index contributed by atoms with van der Waals surface area (Å²) in [5.74, 6) is 0. The predicted molar refractivity (Wildman–Crippen MR) is 162 cm³/mol. The average molecular weight is 559 g/mol. The lowest BCUT2D eigenvalue weighted by molar-refractivity contribution is 0.00578. The molecule has 37 heavy (non-hydrogen) atoms. The van der Waals surface area contributed by atoms with Gasteiger partial charge in [0.05, 0.1) is 22.9 Å². The van der Waals surface area contributed by atoms with Crippen LogP contribution in [0.15, 0.2) is 54.6 Å². The highest BCUT2D eigenvalue weighted by Gasteiger charge is 2.53. The van der Waals surface area contributed by atoms with Crippen molar-refractivity contribution < 1.29 is 9.31 Å². The Bertz CT molecular complexity index is 1670. The largest absolute Gasteiger partial charge is 0.505 e. The van der Waals surface area contributed by atoms with E-state index in [0.717, 1.165) is 16.6 Å². The van der Waals surface area contributed by atoms with E-state index in [1.54, 1.807) is 0 Å². The summed E-state index contributed by atoms with van der Waals surface area (Å²) in [5, 5.41) is 3.03. The molecule has 1 fully saturated rings. The van der Waals surface area contributed by atoms with Crippen molar-refractivity contribution in [1.29, 1.82) is 0 Å². The molecule has 9 heteroatoms. The van der Waals surface area contributed by atoms with Crippen molar-refractivity contribution in [1.82, 2.24) is 8.75 Å². The van der Waals surface area contributed by atoms with E-state index < -0.39 is 8.07 Å². The summed E-state index contributed by atoms with van der Waals surface area (Å²) in [6.07, 6.45) is 0. The Hall–Kier alpha value is -2.14. The predicted octanol–water partition coefficient (Wildman–Crippen LogP) is 6.25. The molecule has 0 N–H and O–H groups in total. The highest BCUT2D eigenvalue weighted by Crippen LogP contribution is 2.44. The minimum atomic E-state index is -1.83. The van der Waals surface area contributed by atoms with Gasteiger partial charge in [0, 0.05) is 30.5 Å². The second kappa shape index (κ2) is 7.94. The van der Waals surface area contributed by atoms with E-state index in [0.29, 0.717) is 0 Å². The lowest BCUT2D eigenvalue weighted by atomic mass is 9.88. The molecule has 1 saturated heterocycles. The van der Waals surface area contributed by atoms with Gasteiger partial charge in [-0.3, -0.25) is 0 Å². The Morgan fingerprint density at radius 1 is 0.757 bits per heavy atom. The molecule has 0 radical (unpaired) electrons. The molecule has 0 amide bonds. The van der Waals surface area contributed by atoms with Crippen molar-refractivity contribution in [2.45, 2.75) is 52.0 Å². The fourth-order valence-corrected chi connectivity index (χ4v) is 13.1. The van der Waals surface area contributed by atoms with Crippen LogP contribution in [-0.2, 0) is 9.31 Å². The van der Waals surface area contributed by atoms with E-state index in [4.69, 9.17) is 18.1 Å². The molecule has 0 bridgehead atoms. The minimum absolute atomic E-state index is 0.306. The minimum Gasteiger partial charge on any atom is -0.399 e. The van der Waals surface area contributed by atoms with E-state index >= 15 is 0 Å². The summed E-state index contributed by atoms with van der Waals surface area (Å²) in [5.41, 5.74) is 4.80. The average Bonchev–Trinajstić information content (AvgIpc) is 3.65. The molecule has 5 heterocycles. The monoisotopic (exact) mass is 558 g/mol. The Balaban J connectivity index is 1.31. The van der Waals surface area contributed by atoms with Gasteiger partial charge in [0.15, 0.2) is 0 Å². The summed E-state index contributed by atoms with van der Waals surface area (Å²) in [7, 11) is -2.14. The quantitative estimate of drug-likeness (QED) is 0.246. The molecule has 0 atom stereocenters. The fraction of sp³-hybridized carbons (Fsp3) is 0.286. The third-order valence-electron chi connectivity index (χ3n) is 8.29. The number of hydrogen-bond acceptors (Lipinski definition) is 7. The van der Waals surface area contributed by atoms with Crippen LogP contribution in [0.4, 0.5) is 0 Å². The van der Waals surface area contributed by atoms with E-state index in [2.05, 4.69) is 89.3 Å². The van der Waals surface area contributed by atoms with Crippen LogP contribution in [-0.4, -0.2) is 35.1 Å². The number of nitrogens with zero attached hydrogens (tertiary/aromatic N) is 2. The smallest absolute Gasteiger partial charge is 0.399 e. The first kappa shape index (κ1) is 23.9. The second-order valence-corrected chi connectivity index (χ2v) is 18.4. The van der Waals surface area contributed by atoms with Gasteiger partial charge < -0.3 is 9.31 Å². The topological polar surface area (TPSA) is 44.2 Å². The van der Waals surface area contributed by atoms with Crippen LogP contribution in [0.5, 0.6) is 0 Å². The molecule has 3 aromatic heterocycles. The van der Waals surface area contributed by atoms with Crippen LogP contribution in [0, 0.1) is 0 Å². The van der Waals surface area contributed by atoms with Gasteiger partial charge in [0.25, 0.3) is 0 Å². The van der Waals surface area contributed by atoms with Gasteiger partial charge >= 0.3 is 7.12 Å². The van der Waals surface area contributed by atoms with Gasteiger partial charge in [-0.25, -0.2) is 0 Å². The maximum absolute atomic E-state index is 6.40. The van der Waals surface area contributed by atoms with Crippen molar-refractivity contribution in [3.8, 4) is 31.3 Å². The van der Waals surface area contributed by atoms with Crippen molar-refractivity contribution in [2.24, 2.45) is 0 Å². The van der Waals surface area contributed by atoms with Gasteiger partial charge in [-0.15, -0.1) is 22.7 Å². The van der Waals surface area contributed by atoms with Crippen LogP contribution in [0.3, 0.4) is 0 Å². The van der Waals surface area contributed by atoms with Crippen LogP contribution in [0.2, 0.25) is 13.1 Å². The summed E-state index contributed by atoms with van der Waals surface area (Å²) >= 11 is 5.04. The lowest BCUT2D eigenvalue weighted by Crippen LogP contribution is -2.49. The standard InChI is InChI=1S/C28H27BN2O2S3Si/c1-27(2)28(3,4)33-29(32-27)22-15-21-26(35-22)25-20(37(21,5)6)14-19(34-25)18-13-12-17(16-10-8-7-9-11-16)23-24(18)31-36-30-23/h7-15H,1-6H3. The zero-order valence-electron chi connectivity index (χ0n) is 21.7. The Labute approximate surface area is 230 Å². The van der Waals surface area contributed by atoms with Gasteiger partial charge in [-0.1, -0.05) is 61.6 Å². The van der Waals surface area contributed by atoms with Gasteiger partial charge in [0.1, 0.15) is 19.1 Å². The molecule has 2 aliphatic heterocycles. The number of rotatable bonds is 3. The van der Waals surface area contributed by atoms with Gasteiger partial charge in [-0.05, 0) is 49.7 Å². The van der Waals surface area contributed by atoms with E-state index in [9.17, 15) is 0 Å². The molecule has 0 saturated carbocycles. The van der Waals surface area contributed by atoms with Crippen LogP contribution in [0.25, 0.3) is 42.4 Å². The zero-order valence-corrected chi connectivity index (χ0v) is 25.2. The molecule has 186 valence electrons. The molecule has 2 aromatic carbocycles. The summed E-state index contributed by atoms with van der Waals surface area (Å²) < 4.78 is 23.4. The Kier molecular flexibility index (Phi) is 5.14. The fourth-order valence-electron chi connectivity index (χ4n) is 5.34. The van der Waals surface area contributed by atoms with Crippen LogP contribution < -0.4 is 15.1 Å². The Morgan fingerprint density at radius 2 is 1.35 bits per heavy atom. The molecular weight excluding hydrogens is 531 g/mol. The third-order valence-corrected chi connectivity index (χ3v) is 15.1. The number of fused-ring (bicyclic) bond motifs is 4. The molecule has 0 unspecified atom stereocenters. The number of thiophene rings is 2. The second-order valence-electron chi connectivity index (χ2n) is 11.4. The van der Waals surface area contributed by atoms with Crippen molar-refractivity contribution in [3.05, 3.63) is 54.6 Å². The molecule has 0 spiro atoms. The summed E-state index contributed by atoms with van der Waals surface area (Å²) in [6, 6.07) is 19.7. The summed E-state index contributed by atoms with van der Waals surface area (Å²) in [6.45, 7) is 13.4. The highest BCUT2D eigenvalue weighted by molar-refractivity contribution is 7.34. The molecular formula is C28H27BN2O2S3Si. The molecule has 7 rings (SSSR count). The molecule has 4 nitrogen and oxygen atoms in total. The Morgan fingerprint density at radius 3 is 2.05 bits per heavy atom. The molecule has 2 aliphatic rings. The first-order chi connectivity index (χ1) is 17.6.